The van der Waals surface area contributed by atoms with Crippen LogP contribution in [0.4, 0.5) is 13.2 Å². The summed E-state index contributed by atoms with van der Waals surface area (Å²) < 4.78 is 53.5. The predicted molar refractivity (Wildman–Crippen MR) is 65.8 cm³/mol. The van der Waals surface area contributed by atoms with Crippen molar-refractivity contribution in [2.24, 2.45) is 0 Å². The van der Waals surface area contributed by atoms with Crippen molar-refractivity contribution < 1.29 is 17.4 Å². The summed E-state index contributed by atoms with van der Waals surface area (Å²) in [6, 6.07) is 0.623. The minimum absolute atomic E-state index is 0.176. The summed E-state index contributed by atoms with van der Waals surface area (Å²) >= 11 is 0. The molecule has 0 unspecified atom stereocenters. The van der Waals surface area contributed by atoms with Gasteiger partial charge in [0.2, 0.25) is 0 Å². The highest BCUT2D eigenvalue weighted by Gasteiger charge is 2.24. The molecular weight excluding hydrogens is 263 g/mol. The molecule has 0 bridgehead atoms. The average molecular weight is 279 g/mol. The van der Waals surface area contributed by atoms with E-state index >= 15 is 0 Å². The zero-order valence-corrected chi connectivity index (χ0v) is 11.5. The molecule has 0 radical (unpaired) electrons. The third-order valence-corrected chi connectivity index (χ3v) is 4.01. The van der Waals surface area contributed by atoms with Gasteiger partial charge in [-0.25, -0.2) is 22.1 Å². The van der Waals surface area contributed by atoms with E-state index < -0.39 is 39.2 Å². The molecule has 0 aliphatic heterocycles. The second-order valence-corrected chi connectivity index (χ2v) is 7.01. The van der Waals surface area contributed by atoms with Crippen LogP contribution in [0.1, 0.15) is 39.3 Å². The van der Waals surface area contributed by atoms with Gasteiger partial charge in [-0.3, -0.25) is 0 Å². The van der Waals surface area contributed by atoms with Crippen molar-refractivity contribution >= 4 is 11.0 Å². The van der Waals surface area contributed by atoms with Crippen LogP contribution in [0.2, 0.25) is 0 Å². The molecule has 2 nitrogen and oxygen atoms in total. The summed E-state index contributed by atoms with van der Waals surface area (Å²) in [5, 5.41) is 0. The molecular formula is C12H16F3NOS. The first-order valence-corrected chi connectivity index (χ1v) is 6.60. The summed E-state index contributed by atoms with van der Waals surface area (Å²) in [4.78, 5) is 0. The molecule has 0 heterocycles. The Morgan fingerprint density at radius 2 is 1.78 bits per heavy atom. The topological polar surface area (TPSA) is 29.1 Å². The van der Waals surface area contributed by atoms with Gasteiger partial charge in [0.1, 0.15) is 5.82 Å². The van der Waals surface area contributed by atoms with Gasteiger partial charge in [0.05, 0.1) is 15.7 Å². The molecule has 1 rings (SSSR count). The number of rotatable bonds is 3. The van der Waals surface area contributed by atoms with Crippen LogP contribution in [0.3, 0.4) is 0 Å². The summed E-state index contributed by atoms with van der Waals surface area (Å²) in [7, 11) is -1.45. The highest BCUT2D eigenvalue weighted by Crippen LogP contribution is 2.22. The number of benzene rings is 1. The van der Waals surface area contributed by atoms with Crippen LogP contribution < -0.4 is 4.72 Å². The van der Waals surface area contributed by atoms with Gasteiger partial charge in [0.25, 0.3) is 0 Å². The lowest BCUT2D eigenvalue weighted by Gasteiger charge is -2.22. The molecule has 0 amide bonds. The van der Waals surface area contributed by atoms with Crippen LogP contribution in [0.25, 0.3) is 0 Å². The molecule has 6 heteroatoms. The quantitative estimate of drug-likeness (QED) is 0.846. The first-order chi connectivity index (χ1) is 8.12. The van der Waals surface area contributed by atoms with E-state index in [-0.39, 0.29) is 5.56 Å². The Balaban J connectivity index is 2.98. The van der Waals surface area contributed by atoms with Gasteiger partial charge in [0, 0.05) is 17.7 Å². The lowest BCUT2D eigenvalue weighted by molar-refractivity contribution is 0.474. The fourth-order valence-electron chi connectivity index (χ4n) is 1.29. The Hall–Kier alpha value is -0.880. The van der Waals surface area contributed by atoms with Crippen molar-refractivity contribution in [1.29, 1.82) is 0 Å². The average Bonchev–Trinajstić information content (AvgIpc) is 2.21. The second kappa shape index (κ2) is 5.40. The normalized spacial score (nSPS) is 15.5. The molecule has 102 valence electrons. The van der Waals surface area contributed by atoms with Gasteiger partial charge in [0.15, 0.2) is 11.6 Å². The van der Waals surface area contributed by atoms with Crippen LogP contribution >= 0.6 is 0 Å². The highest BCUT2D eigenvalue weighted by molar-refractivity contribution is 7.84. The van der Waals surface area contributed by atoms with E-state index in [9.17, 15) is 17.4 Å². The van der Waals surface area contributed by atoms with Crippen molar-refractivity contribution in [3.8, 4) is 0 Å². The Kier molecular flexibility index (Phi) is 4.55. The maximum absolute atomic E-state index is 13.5. The lowest BCUT2D eigenvalue weighted by atomic mass is 10.1. The third-order valence-electron chi connectivity index (χ3n) is 2.33. The molecule has 0 saturated heterocycles. The van der Waals surface area contributed by atoms with E-state index in [0.29, 0.717) is 6.07 Å². The second-order valence-electron chi connectivity index (χ2n) is 5.01. The Morgan fingerprint density at radius 3 is 2.28 bits per heavy atom. The molecule has 1 aromatic carbocycles. The highest BCUT2D eigenvalue weighted by atomic mass is 32.2. The van der Waals surface area contributed by atoms with Crippen molar-refractivity contribution in [1.82, 2.24) is 4.72 Å². The van der Waals surface area contributed by atoms with Crippen LogP contribution in [0.15, 0.2) is 12.1 Å². The largest absolute Gasteiger partial charge is 0.242 e. The first kappa shape index (κ1) is 15.2. The van der Waals surface area contributed by atoms with Crippen molar-refractivity contribution in [2.75, 3.05) is 0 Å². The van der Waals surface area contributed by atoms with E-state index in [4.69, 9.17) is 0 Å². The van der Waals surface area contributed by atoms with Crippen LogP contribution in [-0.4, -0.2) is 8.96 Å². The molecule has 1 N–H and O–H groups in total. The molecule has 0 aromatic heterocycles. The molecule has 0 fully saturated rings. The van der Waals surface area contributed by atoms with Crippen molar-refractivity contribution in [2.45, 2.75) is 38.5 Å². The fraction of sp³-hybridized carbons (Fsp3) is 0.500. The molecule has 0 saturated carbocycles. The minimum atomic E-state index is -1.45. The number of nitrogens with one attached hydrogen (secondary N) is 1. The molecule has 0 spiro atoms. The zero-order valence-electron chi connectivity index (χ0n) is 10.7. The maximum atomic E-state index is 13.5. The van der Waals surface area contributed by atoms with E-state index in [1.165, 1.54) is 6.92 Å². The number of hydrogen-bond acceptors (Lipinski definition) is 1. The third kappa shape index (κ3) is 3.55. The summed E-state index contributed by atoms with van der Waals surface area (Å²) in [5.74, 6) is -3.23. The van der Waals surface area contributed by atoms with E-state index in [1.807, 2.05) is 0 Å². The smallest absolute Gasteiger partial charge is 0.163 e. The lowest BCUT2D eigenvalue weighted by Crippen LogP contribution is -2.35. The van der Waals surface area contributed by atoms with Gasteiger partial charge in [-0.05, 0) is 33.8 Å². The van der Waals surface area contributed by atoms with Gasteiger partial charge in [-0.15, -0.1) is 0 Å². The minimum Gasteiger partial charge on any atom is -0.242 e. The molecule has 0 aliphatic carbocycles. The molecule has 2 atom stereocenters. The SMILES string of the molecule is C[C@@H](N[S@@](=O)C(C)(C)C)c1cc(F)cc(F)c1F. The fourth-order valence-corrected chi connectivity index (χ4v) is 2.09. The molecule has 0 aliphatic rings. The monoisotopic (exact) mass is 279 g/mol. The Labute approximate surface area is 107 Å². The van der Waals surface area contributed by atoms with Gasteiger partial charge < -0.3 is 0 Å². The van der Waals surface area contributed by atoms with Gasteiger partial charge >= 0.3 is 0 Å². The van der Waals surface area contributed by atoms with E-state index in [2.05, 4.69) is 4.72 Å². The summed E-state index contributed by atoms with van der Waals surface area (Å²) in [6.07, 6.45) is 0. The van der Waals surface area contributed by atoms with Crippen molar-refractivity contribution in [3.63, 3.8) is 0 Å². The zero-order chi connectivity index (χ0) is 14.1. The van der Waals surface area contributed by atoms with E-state index in [1.54, 1.807) is 20.8 Å². The van der Waals surface area contributed by atoms with Crippen molar-refractivity contribution in [3.05, 3.63) is 35.1 Å². The first-order valence-electron chi connectivity index (χ1n) is 5.45. The number of halogens is 3. The molecule has 18 heavy (non-hydrogen) atoms. The van der Waals surface area contributed by atoms with E-state index in [0.717, 1.165) is 6.07 Å². The van der Waals surface area contributed by atoms with Gasteiger partial charge in [-0.2, -0.15) is 0 Å². The Morgan fingerprint density at radius 1 is 1.22 bits per heavy atom. The predicted octanol–water partition coefficient (Wildman–Crippen LogP) is 3.22. The maximum Gasteiger partial charge on any atom is 0.163 e. The molecule has 1 aromatic rings. The van der Waals surface area contributed by atoms with Crippen LogP contribution in [0.5, 0.6) is 0 Å². The summed E-state index contributed by atoms with van der Waals surface area (Å²) in [5.41, 5.74) is -0.176. The summed E-state index contributed by atoms with van der Waals surface area (Å²) in [6.45, 7) is 6.73. The van der Waals surface area contributed by atoms with Crippen LogP contribution in [0, 0.1) is 17.5 Å². The van der Waals surface area contributed by atoms with Crippen LogP contribution in [-0.2, 0) is 11.0 Å². The Bertz CT molecular complexity index is 471. The number of hydrogen-bond donors (Lipinski definition) is 1. The van der Waals surface area contributed by atoms with Gasteiger partial charge in [-0.1, -0.05) is 0 Å². The standard InChI is InChI=1S/C12H16F3NOS/c1-7(16-18(17)12(2,3)4)9-5-8(13)6-10(14)11(9)15/h5-7,16H,1-4H3/t7-,18+/m1/s1.